The number of halogens is 2. The van der Waals surface area contributed by atoms with Crippen molar-refractivity contribution in [2.75, 3.05) is 0 Å². The van der Waals surface area contributed by atoms with Gasteiger partial charge in [0.05, 0.1) is 0 Å². The molecule has 0 amide bonds. The van der Waals surface area contributed by atoms with Crippen LogP contribution in [0.15, 0.2) is 51.4 Å². The number of nitrogens with two attached hydrogens (primary N) is 1. The molecule has 3 nitrogen and oxygen atoms in total. The molecular weight excluding hydrogens is 352 g/mol. The fourth-order valence-corrected chi connectivity index (χ4v) is 3.04. The van der Waals surface area contributed by atoms with Gasteiger partial charge in [0, 0.05) is 14.9 Å². The normalized spacial score (nSPS) is 12.8. The Balaban J connectivity index is 2.11. The second-order valence-electron chi connectivity index (χ2n) is 4.96. The second kappa shape index (κ2) is 5.81. The van der Waals surface area contributed by atoms with Crippen LogP contribution in [-0.4, -0.2) is 0 Å². The molecule has 0 aliphatic rings. The molecule has 0 aliphatic heterocycles. The van der Waals surface area contributed by atoms with Gasteiger partial charge in [-0.25, -0.2) is 5.43 Å². The molecule has 0 saturated carbocycles. The van der Waals surface area contributed by atoms with Crippen LogP contribution in [0.5, 0.6) is 0 Å². The molecule has 1 aromatic heterocycles. The Labute approximate surface area is 136 Å². The van der Waals surface area contributed by atoms with Crippen LogP contribution in [0, 0.1) is 6.92 Å². The predicted molar refractivity (Wildman–Crippen MR) is 89.3 cm³/mol. The minimum absolute atomic E-state index is 0.231. The number of benzene rings is 2. The number of nitrogens with one attached hydrogen (secondary N) is 1. The predicted octanol–water partition coefficient (Wildman–Crippen LogP) is 4.71. The standard InChI is InChI=1S/C16H14BrClN2O/c1-9-2-4-13(17)12(6-9)16(20-19)15-8-10-7-11(18)3-5-14(10)21-15/h2-8,16,20H,19H2,1H3. The Morgan fingerprint density at radius 3 is 2.76 bits per heavy atom. The lowest BCUT2D eigenvalue weighted by Gasteiger charge is -2.16. The fraction of sp³-hybridized carbons (Fsp3) is 0.125. The Bertz CT molecular complexity index is 800. The third-order valence-electron chi connectivity index (χ3n) is 3.41. The number of rotatable bonds is 3. The van der Waals surface area contributed by atoms with Crippen molar-refractivity contribution in [2.45, 2.75) is 13.0 Å². The topological polar surface area (TPSA) is 51.2 Å². The van der Waals surface area contributed by atoms with Gasteiger partial charge in [-0.05, 0) is 42.8 Å². The first-order chi connectivity index (χ1) is 10.1. The van der Waals surface area contributed by atoms with Crippen LogP contribution in [-0.2, 0) is 0 Å². The first-order valence-electron chi connectivity index (χ1n) is 6.49. The number of aryl methyl sites for hydroxylation is 1. The Kier molecular flexibility index (Phi) is 4.04. The lowest BCUT2D eigenvalue weighted by atomic mass is 10.0. The van der Waals surface area contributed by atoms with Crippen LogP contribution in [0.1, 0.15) is 22.9 Å². The van der Waals surface area contributed by atoms with Crippen molar-refractivity contribution < 1.29 is 4.42 Å². The van der Waals surface area contributed by atoms with Crippen molar-refractivity contribution in [3.8, 4) is 0 Å². The quantitative estimate of drug-likeness (QED) is 0.522. The Morgan fingerprint density at radius 1 is 1.19 bits per heavy atom. The highest BCUT2D eigenvalue weighted by Crippen LogP contribution is 2.33. The van der Waals surface area contributed by atoms with Gasteiger partial charge in [0.15, 0.2) is 0 Å². The SMILES string of the molecule is Cc1ccc(Br)c(C(NN)c2cc3cc(Cl)ccc3o2)c1. The van der Waals surface area contributed by atoms with E-state index in [0.29, 0.717) is 5.02 Å². The van der Waals surface area contributed by atoms with Crippen LogP contribution in [0.4, 0.5) is 0 Å². The number of hydrogen-bond donors (Lipinski definition) is 2. The molecule has 1 unspecified atom stereocenters. The molecule has 5 heteroatoms. The van der Waals surface area contributed by atoms with Gasteiger partial charge in [-0.15, -0.1) is 0 Å². The Hall–Kier alpha value is -1.33. The molecule has 0 bridgehead atoms. The van der Waals surface area contributed by atoms with Crippen LogP contribution < -0.4 is 11.3 Å². The summed E-state index contributed by atoms with van der Waals surface area (Å²) in [6.07, 6.45) is 0. The molecule has 0 saturated heterocycles. The van der Waals surface area contributed by atoms with Crippen molar-refractivity contribution >= 4 is 38.5 Å². The summed E-state index contributed by atoms with van der Waals surface area (Å²) in [7, 11) is 0. The van der Waals surface area contributed by atoms with Crippen molar-refractivity contribution in [3.05, 3.63) is 68.8 Å². The minimum Gasteiger partial charge on any atom is -0.459 e. The molecule has 3 rings (SSSR count). The summed E-state index contributed by atoms with van der Waals surface area (Å²) in [5.74, 6) is 6.50. The van der Waals surface area contributed by atoms with Gasteiger partial charge in [0.1, 0.15) is 17.4 Å². The number of hydrazine groups is 1. The van der Waals surface area contributed by atoms with Crippen LogP contribution >= 0.6 is 27.5 Å². The van der Waals surface area contributed by atoms with Crippen molar-refractivity contribution in [1.82, 2.24) is 5.43 Å². The summed E-state index contributed by atoms with van der Waals surface area (Å²) in [5.41, 5.74) is 5.80. The third kappa shape index (κ3) is 2.85. The fourth-order valence-electron chi connectivity index (χ4n) is 2.39. The van der Waals surface area contributed by atoms with Gasteiger partial charge in [-0.2, -0.15) is 0 Å². The van der Waals surface area contributed by atoms with Crippen LogP contribution in [0.3, 0.4) is 0 Å². The summed E-state index contributed by atoms with van der Waals surface area (Å²) in [4.78, 5) is 0. The summed E-state index contributed by atoms with van der Waals surface area (Å²) < 4.78 is 6.88. The van der Waals surface area contributed by atoms with Crippen molar-refractivity contribution in [1.29, 1.82) is 0 Å². The highest BCUT2D eigenvalue weighted by atomic mass is 79.9. The molecule has 1 atom stereocenters. The van der Waals surface area contributed by atoms with Crippen molar-refractivity contribution in [3.63, 3.8) is 0 Å². The van der Waals surface area contributed by atoms with Gasteiger partial charge < -0.3 is 4.42 Å². The van der Waals surface area contributed by atoms with E-state index in [9.17, 15) is 0 Å². The summed E-state index contributed by atoms with van der Waals surface area (Å²) in [5, 5.41) is 1.64. The number of furan rings is 1. The third-order valence-corrected chi connectivity index (χ3v) is 4.37. The maximum atomic E-state index is 6.01. The molecule has 3 N–H and O–H groups in total. The minimum atomic E-state index is -0.231. The zero-order chi connectivity index (χ0) is 15.0. The first kappa shape index (κ1) is 14.6. The number of hydrogen-bond acceptors (Lipinski definition) is 3. The first-order valence-corrected chi connectivity index (χ1v) is 7.67. The molecule has 21 heavy (non-hydrogen) atoms. The lowest BCUT2D eigenvalue weighted by Crippen LogP contribution is -2.28. The van der Waals surface area contributed by atoms with E-state index in [0.717, 1.165) is 32.3 Å². The van der Waals surface area contributed by atoms with E-state index in [4.69, 9.17) is 21.9 Å². The van der Waals surface area contributed by atoms with E-state index in [1.165, 1.54) is 0 Å². The monoisotopic (exact) mass is 364 g/mol. The summed E-state index contributed by atoms with van der Waals surface area (Å²) in [6, 6.07) is 13.4. The number of fused-ring (bicyclic) bond motifs is 1. The van der Waals surface area contributed by atoms with E-state index in [1.54, 1.807) is 0 Å². The van der Waals surface area contributed by atoms with Gasteiger partial charge in [0.2, 0.25) is 0 Å². The second-order valence-corrected chi connectivity index (χ2v) is 6.25. The zero-order valence-corrected chi connectivity index (χ0v) is 13.7. The molecular formula is C16H14BrClN2O. The van der Waals surface area contributed by atoms with E-state index < -0.39 is 0 Å². The maximum absolute atomic E-state index is 6.01. The van der Waals surface area contributed by atoms with E-state index >= 15 is 0 Å². The molecule has 3 aromatic rings. The molecule has 108 valence electrons. The van der Waals surface area contributed by atoms with E-state index in [2.05, 4.69) is 27.4 Å². The highest BCUT2D eigenvalue weighted by Gasteiger charge is 2.20. The molecule has 0 aliphatic carbocycles. The highest BCUT2D eigenvalue weighted by molar-refractivity contribution is 9.10. The smallest absolute Gasteiger partial charge is 0.134 e. The molecule has 2 aromatic carbocycles. The largest absolute Gasteiger partial charge is 0.459 e. The van der Waals surface area contributed by atoms with Gasteiger partial charge in [-0.3, -0.25) is 5.84 Å². The molecule has 1 heterocycles. The van der Waals surface area contributed by atoms with Crippen molar-refractivity contribution in [2.24, 2.45) is 5.84 Å². The van der Waals surface area contributed by atoms with E-state index in [1.807, 2.05) is 43.3 Å². The average molecular weight is 366 g/mol. The average Bonchev–Trinajstić information content (AvgIpc) is 2.86. The molecule has 0 radical (unpaired) electrons. The molecule has 0 fully saturated rings. The van der Waals surface area contributed by atoms with Gasteiger partial charge >= 0.3 is 0 Å². The van der Waals surface area contributed by atoms with Crippen LogP contribution in [0.2, 0.25) is 5.02 Å². The summed E-state index contributed by atoms with van der Waals surface area (Å²) in [6.45, 7) is 2.04. The van der Waals surface area contributed by atoms with Gasteiger partial charge in [0.25, 0.3) is 0 Å². The lowest BCUT2D eigenvalue weighted by molar-refractivity contribution is 0.476. The van der Waals surface area contributed by atoms with E-state index in [-0.39, 0.29) is 6.04 Å². The zero-order valence-electron chi connectivity index (χ0n) is 11.4. The summed E-state index contributed by atoms with van der Waals surface area (Å²) >= 11 is 9.58. The maximum Gasteiger partial charge on any atom is 0.134 e. The van der Waals surface area contributed by atoms with Gasteiger partial charge in [-0.1, -0.05) is 45.2 Å². The Morgan fingerprint density at radius 2 is 2.00 bits per heavy atom. The van der Waals surface area contributed by atoms with Crippen LogP contribution in [0.25, 0.3) is 11.0 Å². The molecule has 0 spiro atoms.